The summed E-state index contributed by atoms with van der Waals surface area (Å²) in [6.45, 7) is 3.43. The lowest BCUT2D eigenvalue weighted by molar-refractivity contribution is 0.457. The number of hydrogen-bond donors (Lipinski definition) is 1. The average molecular weight is 196 g/mol. The van der Waals surface area contributed by atoms with E-state index in [-0.39, 0.29) is 5.75 Å². The Kier molecular flexibility index (Phi) is 2.49. The molecule has 0 radical (unpaired) electrons. The Hall–Kier alpha value is -1.20. The molecule has 0 spiro atoms. The number of nitriles is 1. The molecule has 0 atom stereocenters. The van der Waals surface area contributed by atoms with Gasteiger partial charge in [-0.25, -0.2) is 0 Å². The van der Waals surface area contributed by atoms with Crippen molar-refractivity contribution in [3.63, 3.8) is 0 Å². The van der Waals surface area contributed by atoms with Crippen LogP contribution in [-0.4, -0.2) is 5.11 Å². The Morgan fingerprint density at radius 1 is 1.46 bits per heavy atom. The highest BCUT2D eigenvalue weighted by Crippen LogP contribution is 2.35. The van der Waals surface area contributed by atoms with Crippen LogP contribution in [0.4, 0.5) is 0 Å². The minimum absolute atomic E-state index is 0.0686. The van der Waals surface area contributed by atoms with Crippen LogP contribution >= 0.6 is 11.6 Å². The highest BCUT2D eigenvalue weighted by molar-refractivity contribution is 6.31. The van der Waals surface area contributed by atoms with Crippen molar-refractivity contribution in [2.75, 3.05) is 0 Å². The molecule has 2 nitrogen and oxygen atoms in total. The van der Waals surface area contributed by atoms with E-state index in [4.69, 9.17) is 16.9 Å². The lowest BCUT2D eigenvalue weighted by atomic mass is 9.86. The molecule has 0 amide bonds. The zero-order valence-electron chi connectivity index (χ0n) is 7.50. The minimum Gasteiger partial charge on any atom is -0.508 e. The Morgan fingerprint density at radius 3 is 2.54 bits per heavy atom. The Labute approximate surface area is 82.4 Å². The maximum Gasteiger partial charge on any atom is 0.121 e. The fourth-order valence-electron chi connectivity index (χ4n) is 1.19. The predicted molar refractivity (Wildman–Crippen MR) is 51.8 cm³/mol. The van der Waals surface area contributed by atoms with Crippen LogP contribution in [0, 0.1) is 11.3 Å². The van der Waals surface area contributed by atoms with Gasteiger partial charge < -0.3 is 5.11 Å². The lowest BCUT2D eigenvalue weighted by Gasteiger charge is -2.18. The molecule has 0 aliphatic carbocycles. The van der Waals surface area contributed by atoms with E-state index in [2.05, 4.69) is 6.07 Å². The number of nitrogens with zero attached hydrogens (tertiary/aromatic N) is 1. The lowest BCUT2D eigenvalue weighted by Crippen LogP contribution is -2.14. The molecule has 0 saturated carbocycles. The van der Waals surface area contributed by atoms with E-state index in [0.717, 1.165) is 0 Å². The van der Waals surface area contributed by atoms with Gasteiger partial charge in [0.15, 0.2) is 0 Å². The first kappa shape index (κ1) is 9.88. The molecule has 68 valence electrons. The van der Waals surface area contributed by atoms with Gasteiger partial charge in [-0.2, -0.15) is 5.26 Å². The third-order valence-electron chi connectivity index (χ3n) is 1.90. The van der Waals surface area contributed by atoms with Gasteiger partial charge in [0.1, 0.15) is 5.75 Å². The number of halogens is 1. The van der Waals surface area contributed by atoms with Gasteiger partial charge in [-0.15, -0.1) is 0 Å². The zero-order chi connectivity index (χ0) is 10.1. The van der Waals surface area contributed by atoms with Crippen LogP contribution in [0.25, 0.3) is 0 Å². The molecule has 0 aromatic heterocycles. The third kappa shape index (κ3) is 1.76. The van der Waals surface area contributed by atoms with Gasteiger partial charge >= 0.3 is 0 Å². The molecule has 0 fully saturated rings. The van der Waals surface area contributed by atoms with Crippen molar-refractivity contribution < 1.29 is 5.11 Å². The van der Waals surface area contributed by atoms with Crippen molar-refractivity contribution >= 4 is 11.6 Å². The number of phenols is 1. The molecule has 0 aliphatic rings. The van der Waals surface area contributed by atoms with E-state index in [0.29, 0.717) is 10.6 Å². The van der Waals surface area contributed by atoms with Crippen molar-refractivity contribution in [3.05, 3.63) is 28.8 Å². The maximum absolute atomic E-state index is 9.52. The number of phenolic OH excluding ortho intramolecular Hbond substituents is 1. The fourth-order valence-corrected chi connectivity index (χ4v) is 1.59. The third-order valence-corrected chi connectivity index (χ3v) is 2.21. The second kappa shape index (κ2) is 3.27. The van der Waals surface area contributed by atoms with Crippen molar-refractivity contribution in [1.29, 1.82) is 5.26 Å². The Bertz CT molecular complexity index is 345. The summed E-state index contributed by atoms with van der Waals surface area (Å²) in [6, 6.07) is 6.93. The fraction of sp³-hybridized carbons (Fsp3) is 0.300. The summed E-state index contributed by atoms with van der Waals surface area (Å²) in [5.41, 5.74) is -0.276. The van der Waals surface area contributed by atoms with Gasteiger partial charge in [-0.1, -0.05) is 17.7 Å². The van der Waals surface area contributed by atoms with Crippen LogP contribution < -0.4 is 0 Å². The summed E-state index contributed by atoms with van der Waals surface area (Å²) in [5, 5.41) is 18.8. The van der Waals surface area contributed by atoms with E-state index in [1.165, 1.54) is 6.07 Å². The van der Waals surface area contributed by atoms with Crippen LogP contribution in [0.5, 0.6) is 5.75 Å². The van der Waals surface area contributed by atoms with E-state index in [1.54, 1.807) is 26.0 Å². The predicted octanol–water partition coefficient (Wildman–Crippen LogP) is 2.85. The molecule has 1 aromatic carbocycles. The van der Waals surface area contributed by atoms with E-state index < -0.39 is 5.41 Å². The molecule has 1 N–H and O–H groups in total. The first-order valence-electron chi connectivity index (χ1n) is 3.88. The quantitative estimate of drug-likeness (QED) is 0.749. The van der Waals surface area contributed by atoms with Gasteiger partial charge in [-0.3, -0.25) is 0 Å². The first-order chi connectivity index (χ1) is 5.99. The van der Waals surface area contributed by atoms with Gasteiger partial charge in [0.05, 0.1) is 11.5 Å². The minimum atomic E-state index is -0.761. The van der Waals surface area contributed by atoms with Gasteiger partial charge in [0.25, 0.3) is 0 Å². The molecule has 0 bridgehead atoms. The molecule has 0 unspecified atom stereocenters. The van der Waals surface area contributed by atoms with Crippen molar-refractivity contribution in [1.82, 2.24) is 0 Å². The van der Waals surface area contributed by atoms with Gasteiger partial charge in [0.2, 0.25) is 0 Å². The highest BCUT2D eigenvalue weighted by atomic mass is 35.5. The summed E-state index contributed by atoms with van der Waals surface area (Å²) >= 11 is 5.88. The van der Waals surface area contributed by atoms with Crippen LogP contribution in [0.15, 0.2) is 18.2 Å². The topological polar surface area (TPSA) is 44.0 Å². The second-order valence-electron chi connectivity index (χ2n) is 3.37. The molecule has 0 saturated heterocycles. The number of hydrogen-bond acceptors (Lipinski definition) is 2. The van der Waals surface area contributed by atoms with Crippen LogP contribution in [0.1, 0.15) is 19.4 Å². The average Bonchev–Trinajstić information content (AvgIpc) is 2.03. The second-order valence-corrected chi connectivity index (χ2v) is 3.78. The standard InChI is InChI=1S/C10H10ClNO/c1-10(2,6-12)9-7(11)4-3-5-8(9)13/h3-5,13H,1-2H3. The van der Waals surface area contributed by atoms with Gasteiger partial charge in [0, 0.05) is 10.6 Å². The molecular weight excluding hydrogens is 186 g/mol. The number of aromatic hydroxyl groups is 1. The molecular formula is C10H10ClNO. The molecule has 13 heavy (non-hydrogen) atoms. The van der Waals surface area contributed by atoms with Crippen molar-refractivity contribution in [2.24, 2.45) is 0 Å². The van der Waals surface area contributed by atoms with Crippen LogP contribution in [0.2, 0.25) is 5.02 Å². The first-order valence-corrected chi connectivity index (χ1v) is 4.26. The van der Waals surface area contributed by atoms with Crippen molar-refractivity contribution in [3.8, 4) is 11.8 Å². The molecule has 3 heteroatoms. The largest absolute Gasteiger partial charge is 0.508 e. The monoisotopic (exact) mass is 195 g/mol. The number of benzene rings is 1. The number of rotatable bonds is 1. The zero-order valence-corrected chi connectivity index (χ0v) is 8.26. The molecule has 1 rings (SSSR count). The summed E-state index contributed by atoms with van der Waals surface area (Å²) < 4.78 is 0. The van der Waals surface area contributed by atoms with Gasteiger partial charge in [-0.05, 0) is 26.0 Å². The normalized spacial score (nSPS) is 10.9. The highest BCUT2D eigenvalue weighted by Gasteiger charge is 2.25. The summed E-state index contributed by atoms with van der Waals surface area (Å²) in [5.74, 6) is 0.0686. The van der Waals surface area contributed by atoms with Crippen molar-refractivity contribution in [2.45, 2.75) is 19.3 Å². The van der Waals surface area contributed by atoms with Crippen LogP contribution in [0.3, 0.4) is 0 Å². The Morgan fingerprint density at radius 2 is 2.08 bits per heavy atom. The maximum atomic E-state index is 9.52. The summed E-state index contributed by atoms with van der Waals surface area (Å²) in [4.78, 5) is 0. The van der Waals surface area contributed by atoms with Crippen LogP contribution in [-0.2, 0) is 5.41 Å². The Balaban J connectivity index is 3.38. The summed E-state index contributed by atoms with van der Waals surface area (Å²) in [6.07, 6.45) is 0. The molecule has 0 aliphatic heterocycles. The molecule has 1 aromatic rings. The SMILES string of the molecule is CC(C)(C#N)c1c(O)cccc1Cl. The molecule has 0 heterocycles. The smallest absolute Gasteiger partial charge is 0.121 e. The summed E-state index contributed by atoms with van der Waals surface area (Å²) in [7, 11) is 0. The van der Waals surface area contributed by atoms with E-state index >= 15 is 0 Å². The van der Waals surface area contributed by atoms with E-state index in [9.17, 15) is 5.11 Å². The van der Waals surface area contributed by atoms with E-state index in [1.807, 2.05) is 0 Å².